The Balaban J connectivity index is 0.000000194. The van der Waals surface area contributed by atoms with E-state index in [-0.39, 0.29) is 229 Å². The summed E-state index contributed by atoms with van der Waals surface area (Å²) in [6.07, 6.45) is 0. The zero-order valence-electron chi connectivity index (χ0n) is 84.2. The Kier molecular flexibility index (Phi) is 25.8. The van der Waals surface area contributed by atoms with Crippen molar-refractivity contribution in [2.75, 3.05) is 74.2 Å². The SMILES string of the molecule is CCOC(=O)CSc1c2c(c(C(O)(c3c4c(c(SCC(=O)OCC)c5c3OC(C)(C)O5)OC(C)(C)O4)c3c4c(c(SCC(=O)OCC)c5c3OC(C)(C)O5)OC(C)(C)O4)c3c1OC(C)(C)O3)OC(C)(C)O2.CCOC(=O)CSc1c2c(c(C(c3c4c(c(SCC(=O)OCC)c5c3OC(C)(C)O5)OC(C)(C)O4)c3c4c(c(SCC(=O)OCC)c5c3OC(C)(C)O5)OC(C)(C)O4)c3c1OC(C)(C)O3)OC(C)(C)O2. The van der Waals surface area contributed by atoms with Gasteiger partial charge >= 0.3 is 35.8 Å². The third-order valence-electron chi connectivity index (χ3n) is 21.9. The molecule has 12 aliphatic heterocycles. The smallest absolute Gasteiger partial charge is 0.316 e. The predicted octanol–water partition coefficient (Wildman–Crippen LogP) is 18.9. The van der Waals surface area contributed by atoms with Crippen molar-refractivity contribution in [2.45, 2.75) is 318 Å². The molecular formula is C98H116O37S6. The molecule has 0 amide bonds. The van der Waals surface area contributed by atoms with E-state index in [0.29, 0.717) is 46.1 Å². The van der Waals surface area contributed by atoms with Gasteiger partial charge in [0.15, 0.2) is 144 Å². The second kappa shape index (κ2) is 35.7. The summed E-state index contributed by atoms with van der Waals surface area (Å²) >= 11 is 6.68. The molecule has 6 aromatic rings. The van der Waals surface area contributed by atoms with Crippen molar-refractivity contribution in [3.05, 3.63) is 33.4 Å². The Labute approximate surface area is 840 Å². The highest BCUT2D eigenvalue weighted by Gasteiger charge is 2.65. The summed E-state index contributed by atoms with van der Waals surface area (Å²) in [5.74, 6) is -17.9. The van der Waals surface area contributed by atoms with Crippen LogP contribution in [0.4, 0.5) is 0 Å². The van der Waals surface area contributed by atoms with Crippen molar-refractivity contribution in [2.24, 2.45) is 0 Å². The summed E-state index contributed by atoms with van der Waals surface area (Å²) in [4.78, 5) is 80.3. The summed E-state index contributed by atoms with van der Waals surface area (Å²) in [5, 5.41) is 15.3. The molecule has 6 aromatic carbocycles. The molecule has 0 saturated heterocycles. The van der Waals surface area contributed by atoms with Crippen molar-refractivity contribution in [1.82, 2.24) is 0 Å². The lowest BCUT2D eigenvalue weighted by Gasteiger charge is -2.35. The van der Waals surface area contributed by atoms with Gasteiger partial charge in [-0.2, -0.15) is 0 Å². The number of rotatable bonds is 30. The van der Waals surface area contributed by atoms with E-state index in [2.05, 4.69) is 0 Å². The quantitative estimate of drug-likeness (QED) is 0.0189. The average Bonchev–Trinajstić information content (AvgIpc) is 1.52. The number of benzene rings is 6. The van der Waals surface area contributed by atoms with Crippen LogP contribution < -0.4 is 114 Å². The number of carbonyl (C=O) groups excluding carboxylic acids is 6. The van der Waals surface area contributed by atoms with E-state index in [1.807, 2.05) is 0 Å². The first kappa shape index (κ1) is 102. The van der Waals surface area contributed by atoms with Gasteiger partial charge in [-0.1, -0.05) is 0 Å². The van der Waals surface area contributed by atoms with E-state index >= 15 is 5.11 Å². The van der Waals surface area contributed by atoms with E-state index in [9.17, 15) is 28.8 Å². The normalized spacial score (nSPS) is 19.4. The lowest BCUT2D eigenvalue weighted by molar-refractivity contribution is -0.140. The highest BCUT2D eigenvalue weighted by atomic mass is 32.2. The number of thioether (sulfide) groups is 6. The summed E-state index contributed by atoms with van der Waals surface area (Å²) in [6, 6.07) is 0. The lowest BCUT2D eigenvalue weighted by Crippen LogP contribution is -2.36. The lowest BCUT2D eigenvalue weighted by atomic mass is 9.76. The highest BCUT2D eigenvalue weighted by Crippen LogP contribution is 2.77. The van der Waals surface area contributed by atoms with E-state index in [1.54, 1.807) is 208 Å². The minimum absolute atomic E-state index is 0.0388. The van der Waals surface area contributed by atoms with Crippen molar-refractivity contribution < 1.29 is 176 Å². The molecule has 37 nitrogen and oxygen atoms in total. The molecule has 0 aliphatic carbocycles. The first-order valence-corrected chi connectivity index (χ1v) is 52.1. The summed E-state index contributed by atoms with van der Waals surface area (Å²) in [6.45, 7) is 52.7. The van der Waals surface area contributed by atoms with E-state index in [4.69, 9.17) is 142 Å². The molecule has 1 N–H and O–H groups in total. The maximum absolute atomic E-state index is 15.3. The molecule has 18 rings (SSSR count). The zero-order chi connectivity index (χ0) is 102. The third kappa shape index (κ3) is 19.1. The molecule has 0 bridgehead atoms. The van der Waals surface area contributed by atoms with E-state index in [0.717, 1.165) is 70.6 Å². The molecule has 141 heavy (non-hydrogen) atoms. The van der Waals surface area contributed by atoms with Crippen LogP contribution in [-0.2, 0) is 62.8 Å². The number of ether oxygens (including phenoxy) is 30. The van der Waals surface area contributed by atoms with Crippen LogP contribution in [0.5, 0.6) is 138 Å². The highest BCUT2D eigenvalue weighted by molar-refractivity contribution is 8.01. The minimum Gasteiger partial charge on any atom is -0.465 e. The fourth-order valence-corrected chi connectivity index (χ4v) is 23.0. The van der Waals surface area contributed by atoms with Gasteiger partial charge in [0.2, 0.25) is 69.4 Å². The molecule has 0 fully saturated rings. The maximum Gasteiger partial charge on any atom is 0.316 e. The average molecular weight is 2080 g/mol. The van der Waals surface area contributed by atoms with Gasteiger partial charge in [-0.05, 0) is 41.5 Å². The Hall–Kier alpha value is -10.6. The van der Waals surface area contributed by atoms with Crippen molar-refractivity contribution >= 4 is 106 Å². The van der Waals surface area contributed by atoms with Gasteiger partial charge in [-0.3, -0.25) is 28.8 Å². The Morgan fingerprint density at radius 1 is 0.206 bits per heavy atom. The molecule has 12 aliphatic rings. The summed E-state index contributed by atoms with van der Waals surface area (Å²) in [7, 11) is 0. The van der Waals surface area contributed by atoms with Gasteiger partial charge in [-0.25, -0.2) is 0 Å². The molecule has 766 valence electrons. The van der Waals surface area contributed by atoms with Gasteiger partial charge in [0.05, 0.1) is 113 Å². The second-order valence-electron chi connectivity index (χ2n) is 39.2. The number of fused-ring (bicyclic) bond motifs is 12. The minimum atomic E-state index is -2.77. The first-order valence-electron chi connectivity index (χ1n) is 46.1. The zero-order valence-corrected chi connectivity index (χ0v) is 89.1. The monoisotopic (exact) mass is 2080 g/mol. The van der Waals surface area contributed by atoms with Crippen molar-refractivity contribution in [3.8, 4) is 138 Å². The molecule has 0 spiro atoms. The van der Waals surface area contributed by atoms with E-state index in [1.165, 1.54) is 0 Å². The van der Waals surface area contributed by atoms with Crippen LogP contribution in [0.1, 0.15) is 247 Å². The number of carbonyl (C=O) groups is 6. The fraction of sp³-hybridized carbons (Fsp3) is 0.571. The Morgan fingerprint density at radius 3 is 0.433 bits per heavy atom. The molecule has 0 unspecified atom stereocenters. The number of hydrogen-bond acceptors (Lipinski definition) is 43. The number of esters is 6. The van der Waals surface area contributed by atoms with Crippen molar-refractivity contribution in [3.63, 3.8) is 0 Å². The molecule has 0 radical (unpaired) electrons. The first-order chi connectivity index (χ1) is 65.7. The van der Waals surface area contributed by atoms with Crippen LogP contribution in [0.25, 0.3) is 0 Å². The topological polar surface area (TPSA) is 400 Å². The summed E-state index contributed by atoms with van der Waals surface area (Å²) in [5.41, 5.74) is -2.09. The van der Waals surface area contributed by atoms with Crippen LogP contribution >= 0.6 is 70.6 Å². The molecule has 0 atom stereocenters. The van der Waals surface area contributed by atoms with Crippen LogP contribution in [0.2, 0.25) is 0 Å². The Morgan fingerprint density at radius 2 is 0.312 bits per heavy atom. The fourth-order valence-electron chi connectivity index (χ4n) is 17.7. The van der Waals surface area contributed by atoms with Crippen molar-refractivity contribution in [1.29, 1.82) is 0 Å². The van der Waals surface area contributed by atoms with Crippen LogP contribution in [0.3, 0.4) is 0 Å². The van der Waals surface area contributed by atoms with Gasteiger partial charge in [0.25, 0.3) is 0 Å². The molecular weight excluding hydrogens is 1960 g/mol. The standard InChI is InChI=1S/C49H58O19S3.C49H58O18S3/c1-16-54-22(50)19-69-40-34-28(57-43(4,5)63-34)25(29-35(40)64-44(6,7)58-29)49(53,26-30-36(65-45(8,9)59-30)41(70-20-23(51)55-17-2)37-31(26)60-46(10,11)66-37)27-32-38(67-47(12,13)61-32)42(71-21-24(52)56-18-3)39-33(27)62-48(14,15)68-39;1-16-53-22(50)19-68-41-35-29(56-44(4,5)62-35)26(30-36(41)63-45(6,7)57-30)25(27-31-37(64-46(8,9)58-31)42(69-20-23(51)54-17-2)38-32(27)59-47(10,11)65-38)28-33-39(66-48(12,13)60-33)43(70-21-24(52)55-18-3)40-34(28)61-49(14,15)67-40/h53H,16-21H2,1-15H3;25H,16-21H2,1-15H3. The molecule has 43 heteroatoms. The second-order valence-corrected chi connectivity index (χ2v) is 45.1. The van der Waals surface area contributed by atoms with Gasteiger partial charge in [0.1, 0.15) is 29.4 Å². The largest absolute Gasteiger partial charge is 0.465 e. The van der Waals surface area contributed by atoms with Gasteiger partial charge in [-0.15, -0.1) is 70.6 Å². The van der Waals surface area contributed by atoms with Gasteiger partial charge in [0, 0.05) is 166 Å². The number of aliphatic hydroxyl groups is 1. The van der Waals surface area contributed by atoms with Crippen LogP contribution in [0.15, 0.2) is 29.4 Å². The molecule has 12 heterocycles. The molecule has 0 saturated carbocycles. The Bertz CT molecular complexity index is 5350. The molecule has 0 aromatic heterocycles. The predicted molar refractivity (Wildman–Crippen MR) is 510 cm³/mol. The van der Waals surface area contributed by atoms with Gasteiger partial charge < -0.3 is 147 Å². The third-order valence-corrected chi connectivity index (χ3v) is 28.2. The maximum atomic E-state index is 15.3. The summed E-state index contributed by atoms with van der Waals surface area (Å²) < 4.78 is 195. The van der Waals surface area contributed by atoms with Crippen LogP contribution in [0, 0.1) is 0 Å². The van der Waals surface area contributed by atoms with Crippen LogP contribution in [-0.4, -0.2) is 185 Å². The number of hydrogen-bond donors (Lipinski definition) is 1. The van der Waals surface area contributed by atoms with E-state index < -0.39 is 117 Å².